The second kappa shape index (κ2) is 8.36. The van der Waals surface area contributed by atoms with Crippen molar-refractivity contribution in [3.63, 3.8) is 0 Å². The van der Waals surface area contributed by atoms with Crippen LogP contribution < -0.4 is 4.74 Å². The Morgan fingerprint density at radius 2 is 2.04 bits per heavy atom. The van der Waals surface area contributed by atoms with Gasteiger partial charge in [0.05, 0.1) is 0 Å². The molecule has 1 saturated heterocycles. The maximum absolute atomic E-state index is 12.3. The first-order chi connectivity index (χ1) is 11.1. The number of hydrogen-bond donors (Lipinski definition) is 1. The largest absolute Gasteiger partial charge is 0.484 e. The molecule has 0 spiro atoms. The number of carboxylic acid groups (broad SMARTS) is 1. The van der Waals surface area contributed by atoms with Crippen molar-refractivity contribution in [1.82, 2.24) is 4.90 Å². The predicted octanol–water partition coefficient (Wildman–Crippen LogP) is 2.95. The average molecular weight is 317 g/mol. The molecular weight excluding hydrogens is 294 g/mol. The van der Waals surface area contributed by atoms with Crippen LogP contribution in [0.3, 0.4) is 0 Å². The van der Waals surface area contributed by atoms with Crippen LogP contribution in [0.5, 0.6) is 5.75 Å². The van der Waals surface area contributed by atoms with E-state index in [4.69, 9.17) is 9.84 Å². The van der Waals surface area contributed by atoms with Crippen molar-refractivity contribution in [2.45, 2.75) is 38.6 Å². The van der Waals surface area contributed by atoms with Crippen LogP contribution in [0, 0.1) is 0 Å². The molecule has 1 aliphatic heterocycles. The van der Waals surface area contributed by atoms with Crippen molar-refractivity contribution < 1.29 is 19.4 Å². The number of aliphatic carboxylic acids is 1. The lowest BCUT2D eigenvalue weighted by atomic mass is 10.00. The molecule has 0 bridgehead atoms. The third kappa shape index (κ3) is 5.13. The number of hydrogen-bond acceptors (Lipinski definition) is 3. The Morgan fingerprint density at radius 1 is 1.30 bits per heavy atom. The molecule has 124 valence electrons. The minimum Gasteiger partial charge on any atom is -0.484 e. The zero-order valence-electron chi connectivity index (χ0n) is 13.4. The summed E-state index contributed by atoms with van der Waals surface area (Å²) in [7, 11) is 0. The van der Waals surface area contributed by atoms with Crippen molar-refractivity contribution in [1.29, 1.82) is 0 Å². The van der Waals surface area contributed by atoms with Gasteiger partial charge in [-0.15, -0.1) is 0 Å². The second-order valence-corrected chi connectivity index (χ2v) is 5.67. The van der Waals surface area contributed by atoms with Crippen LogP contribution >= 0.6 is 0 Å². The molecule has 0 radical (unpaired) electrons. The van der Waals surface area contributed by atoms with Crippen molar-refractivity contribution in [2.24, 2.45) is 0 Å². The van der Waals surface area contributed by atoms with Crippen LogP contribution in [0.2, 0.25) is 0 Å². The number of piperidine rings is 1. The van der Waals surface area contributed by atoms with E-state index < -0.39 is 5.97 Å². The minimum absolute atomic E-state index is 0.0337. The maximum Gasteiger partial charge on any atom is 0.328 e. The molecule has 2 rings (SSSR count). The SMILES string of the molecule is CC[C@H]1CCCCN1C(=O)COc1ccc(/C=C/C(=O)O)cc1. The van der Waals surface area contributed by atoms with Crippen molar-refractivity contribution >= 4 is 18.0 Å². The van der Waals surface area contributed by atoms with Crippen LogP contribution in [0.1, 0.15) is 38.2 Å². The highest BCUT2D eigenvalue weighted by atomic mass is 16.5. The van der Waals surface area contributed by atoms with Crippen LogP contribution in [0.25, 0.3) is 6.08 Å². The Morgan fingerprint density at radius 3 is 2.70 bits per heavy atom. The lowest BCUT2D eigenvalue weighted by Gasteiger charge is -2.35. The molecule has 1 atom stereocenters. The highest BCUT2D eigenvalue weighted by molar-refractivity contribution is 5.85. The van der Waals surface area contributed by atoms with Gasteiger partial charge >= 0.3 is 5.97 Å². The van der Waals surface area contributed by atoms with Gasteiger partial charge in [-0.3, -0.25) is 4.79 Å². The van der Waals surface area contributed by atoms with E-state index in [0.717, 1.165) is 37.4 Å². The zero-order chi connectivity index (χ0) is 16.7. The molecule has 0 saturated carbocycles. The van der Waals surface area contributed by atoms with Crippen molar-refractivity contribution in [3.05, 3.63) is 35.9 Å². The van der Waals surface area contributed by atoms with E-state index in [2.05, 4.69) is 6.92 Å². The Labute approximate surface area is 136 Å². The molecule has 5 nitrogen and oxygen atoms in total. The van der Waals surface area contributed by atoms with E-state index >= 15 is 0 Å². The quantitative estimate of drug-likeness (QED) is 0.819. The van der Waals surface area contributed by atoms with Crippen LogP contribution in [-0.2, 0) is 9.59 Å². The molecule has 1 aliphatic rings. The number of carbonyl (C=O) groups excluding carboxylic acids is 1. The monoisotopic (exact) mass is 317 g/mol. The highest BCUT2D eigenvalue weighted by Gasteiger charge is 2.25. The lowest BCUT2D eigenvalue weighted by Crippen LogP contribution is -2.45. The number of benzene rings is 1. The Kier molecular flexibility index (Phi) is 6.20. The van der Waals surface area contributed by atoms with Gasteiger partial charge in [-0.2, -0.15) is 0 Å². The summed E-state index contributed by atoms with van der Waals surface area (Å²) in [5.74, 6) is -0.342. The smallest absolute Gasteiger partial charge is 0.328 e. The summed E-state index contributed by atoms with van der Waals surface area (Å²) < 4.78 is 5.56. The normalized spacial score (nSPS) is 18.1. The summed E-state index contributed by atoms with van der Waals surface area (Å²) in [5, 5.41) is 8.59. The van der Waals surface area contributed by atoms with Gasteiger partial charge in [0.1, 0.15) is 5.75 Å². The maximum atomic E-state index is 12.3. The van der Waals surface area contributed by atoms with Gasteiger partial charge in [0.15, 0.2) is 6.61 Å². The molecule has 0 aromatic heterocycles. The van der Waals surface area contributed by atoms with Gasteiger partial charge in [0.2, 0.25) is 0 Å². The zero-order valence-corrected chi connectivity index (χ0v) is 13.4. The van der Waals surface area contributed by atoms with E-state index in [1.807, 2.05) is 4.90 Å². The summed E-state index contributed by atoms with van der Waals surface area (Å²) in [6.07, 6.45) is 6.90. The van der Waals surface area contributed by atoms with Crippen LogP contribution in [-0.4, -0.2) is 41.1 Å². The van der Waals surface area contributed by atoms with Gasteiger partial charge in [-0.1, -0.05) is 19.1 Å². The summed E-state index contributed by atoms with van der Waals surface area (Å²) in [5.41, 5.74) is 0.771. The van der Waals surface area contributed by atoms with Gasteiger partial charge < -0.3 is 14.7 Å². The molecule has 1 aromatic rings. The van der Waals surface area contributed by atoms with Gasteiger partial charge in [0.25, 0.3) is 5.91 Å². The number of rotatable bonds is 6. The van der Waals surface area contributed by atoms with Gasteiger partial charge in [0, 0.05) is 18.7 Å². The summed E-state index contributed by atoms with van der Waals surface area (Å²) in [6, 6.07) is 7.33. The molecule has 0 aliphatic carbocycles. The number of likely N-dealkylation sites (tertiary alicyclic amines) is 1. The Hall–Kier alpha value is -2.30. The fraction of sp³-hybridized carbons (Fsp3) is 0.444. The molecule has 1 amide bonds. The lowest BCUT2D eigenvalue weighted by molar-refractivity contribution is -0.137. The molecule has 23 heavy (non-hydrogen) atoms. The number of carboxylic acids is 1. The minimum atomic E-state index is -0.983. The summed E-state index contributed by atoms with van der Waals surface area (Å²) in [6.45, 7) is 2.97. The molecule has 1 heterocycles. The third-order valence-corrected chi connectivity index (χ3v) is 4.08. The van der Waals surface area contributed by atoms with Crippen LogP contribution in [0.15, 0.2) is 30.3 Å². The number of nitrogens with zero attached hydrogens (tertiary/aromatic N) is 1. The fourth-order valence-electron chi connectivity index (χ4n) is 2.82. The van der Waals surface area contributed by atoms with Crippen LogP contribution in [0.4, 0.5) is 0 Å². The summed E-state index contributed by atoms with van der Waals surface area (Å²) >= 11 is 0. The predicted molar refractivity (Wildman–Crippen MR) is 88.2 cm³/mol. The number of carbonyl (C=O) groups is 2. The first kappa shape index (κ1) is 17.1. The van der Waals surface area contributed by atoms with Gasteiger partial charge in [-0.05, 0) is 49.5 Å². The Balaban J connectivity index is 1.87. The molecule has 1 aromatic carbocycles. The van der Waals surface area contributed by atoms with E-state index in [0.29, 0.717) is 11.8 Å². The van der Waals surface area contributed by atoms with E-state index in [-0.39, 0.29) is 12.5 Å². The van der Waals surface area contributed by atoms with E-state index in [1.165, 1.54) is 12.5 Å². The molecule has 5 heteroatoms. The topological polar surface area (TPSA) is 66.8 Å². The number of amides is 1. The molecule has 1 fully saturated rings. The van der Waals surface area contributed by atoms with E-state index in [1.54, 1.807) is 24.3 Å². The Bertz CT molecular complexity index is 565. The summed E-state index contributed by atoms with van der Waals surface area (Å²) in [4.78, 5) is 24.7. The molecular formula is C18H23NO4. The third-order valence-electron chi connectivity index (χ3n) is 4.08. The van der Waals surface area contributed by atoms with E-state index in [9.17, 15) is 9.59 Å². The van der Waals surface area contributed by atoms with Gasteiger partial charge in [-0.25, -0.2) is 4.79 Å². The standard InChI is InChI=1S/C18H23NO4/c1-2-15-5-3-4-12-19(15)17(20)13-23-16-9-6-14(7-10-16)8-11-18(21)22/h6-11,15H,2-5,12-13H2,1H3,(H,21,22)/b11-8+/t15-/m0/s1. The second-order valence-electron chi connectivity index (χ2n) is 5.67. The van der Waals surface area contributed by atoms with Crippen molar-refractivity contribution in [3.8, 4) is 5.75 Å². The fourth-order valence-corrected chi connectivity index (χ4v) is 2.82. The van der Waals surface area contributed by atoms with Crippen molar-refractivity contribution in [2.75, 3.05) is 13.2 Å². The molecule has 1 N–H and O–H groups in total. The highest BCUT2D eigenvalue weighted by Crippen LogP contribution is 2.20. The number of ether oxygens (including phenoxy) is 1. The molecule has 0 unspecified atom stereocenters. The average Bonchev–Trinajstić information content (AvgIpc) is 2.58. The first-order valence-electron chi connectivity index (χ1n) is 8.03. The first-order valence-corrected chi connectivity index (χ1v) is 8.03.